The maximum Gasteiger partial charge on any atom is 0.248 e. The highest BCUT2D eigenvalue weighted by Gasteiger charge is 2.43. The molecule has 1 nitrogen and oxygen atoms in total. The van der Waals surface area contributed by atoms with Crippen LogP contribution in [0, 0.1) is 0 Å². The fourth-order valence-electron chi connectivity index (χ4n) is 8.21. The minimum atomic E-state index is 0.242. The van der Waals surface area contributed by atoms with E-state index >= 15 is 0 Å². The lowest BCUT2D eigenvalue weighted by Crippen LogP contribution is -2.54. The second-order valence-corrected chi connectivity index (χ2v) is 12.0. The molecule has 0 saturated carbocycles. The Morgan fingerprint density at radius 3 is 2.40 bits per heavy atom. The van der Waals surface area contributed by atoms with Gasteiger partial charge in [0.2, 0.25) is 6.71 Å². The highest BCUT2D eigenvalue weighted by Crippen LogP contribution is 2.49. The molecule has 0 spiro atoms. The van der Waals surface area contributed by atoms with Crippen molar-refractivity contribution in [3.05, 3.63) is 161 Å². The first-order valence-electron chi connectivity index (χ1n) is 15.0. The van der Waals surface area contributed by atoms with Gasteiger partial charge in [-0.05, 0) is 97.8 Å². The number of benzene rings is 5. The summed E-state index contributed by atoms with van der Waals surface area (Å²) < 4.78 is 0. The van der Waals surface area contributed by atoms with Crippen molar-refractivity contribution in [3.8, 4) is 22.3 Å². The van der Waals surface area contributed by atoms with Gasteiger partial charge in [-0.15, -0.1) is 0 Å². The highest BCUT2D eigenvalue weighted by atomic mass is 15.2. The molecule has 2 aliphatic heterocycles. The third-order valence-corrected chi connectivity index (χ3v) is 9.93. The zero-order chi connectivity index (χ0) is 27.4. The number of anilines is 3. The summed E-state index contributed by atoms with van der Waals surface area (Å²) in [4.78, 5) is 2.55. The number of allylic oxidation sites excluding steroid dienone is 7. The molecule has 1 atom stereocenters. The van der Waals surface area contributed by atoms with Gasteiger partial charge >= 0.3 is 0 Å². The average molecular weight is 531 g/mol. The molecular formula is C40H26BN. The van der Waals surface area contributed by atoms with Crippen molar-refractivity contribution in [2.45, 2.75) is 12.3 Å². The van der Waals surface area contributed by atoms with Crippen LogP contribution in [0.1, 0.15) is 22.6 Å². The van der Waals surface area contributed by atoms with Crippen molar-refractivity contribution >= 4 is 46.2 Å². The topological polar surface area (TPSA) is 3.24 Å². The van der Waals surface area contributed by atoms with E-state index in [-0.39, 0.29) is 6.71 Å². The maximum atomic E-state index is 2.55. The molecule has 0 fully saturated rings. The third-order valence-electron chi connectivity index (χ3n) is 9.93. The molecule has 2 heteroatoms. The van der Waals surface area contributed by atoms with Crippen LogP contribution < -0.4 is 21.3 Å². The molecule has 0 amide bonds. The molecule has 0 radical (unpaired) electrons. The maximum absolute atomic E-state index is 2.55. The van der Waals surface area contributed by atoms with E-state index in [1.165, 1.54) is 83.5 Å². The Balaban J connectivity index is 1.26. The molecule has 5 aliphatic rings. The lowest BCUT2D eigenvalue weighted by atomic mass is 9.37. The van der Waals surface area contributed by atoms with Crippen LogP contribution in [0.15, 0.2) is 145 Å². The molecule has 0 saturated heterocycles. The van der Waals surface area contributed by atoms with Crippen LogP contribution >= 0.6 is 0 Å². The van der Waals surface area contributed by atoms with Gasteiger partial charge in [-0.3, -0.25) is 0 Å². The lowest BCUT2D eigenvalue weighted by molar-refractivity contribution is 0.892. The van der Waals surface area contributed by atoms with Crippen molar-refractivity contribution < 1.29 is 0 Å². The number of para-hydroxylation sites is 1. The number of nitrogens with zero attached hydrogens (tertiary/aromatic N) is 1. The summed E-state index contributed by atoms with van der Waals surface area (Å²) in [6.07, 6.45) is 14.9. The molecule has 0 aromatic heterocycles. The Morgan fingerprint density at radius 1 is 0.643 bits per heavy atom. The molecule has 0 N–H and O–H groups in total. The van der Waals surface area contributed by atoms with Crippen LogP contribution in [-0.4, -0.2) is 6.71 Å². The van der Waals surface area contributed by atoms with Gasteiger partial charge in [0.15, 0.2) is 0 Å². The minimum absolute atomic E-state index is 0.242. The number of rotatable bonds is 2. The predicted molar refractivity (Wildman–Crippen MR) is 177 cm³/mol. The first kappa shape index (κ1) is 22.6. The normalized spacial score (nSPS) is 17.7. The largest absolute Gasteiger partial charge is 0.311 e. The summed E-state index contributed by atoms with van der Waals surface area (Å²) in [5.41, 5.74) is 20.4. The molecule has 5 aromatic rings. The van der Waals surface area contributed by atoms with Gasteiger partial charge in [0, 0.05) is 23.0 Å². The van der Waals surface area contributed by atoms with Gasteiger partial charge in [-0.25, -0.2) is 0 Å². The molecule has 3 aliphatic carbocycles. The Morgan fingerprint density at radius 2 is 1.48 bits per heavy atom. The first-order chi connectivity index (χ1) is 20.8. The SMILES string of the molecule is C1=CC2=CCc3cc(N4c5ccccc5B5c6ccccc6-c6cc(-c7ccccc7)cc4c65)cc4c3C2C(=C1)C=C4. The van der Waals surface area contributed by atoms with Crippen molar-refractivity contribution in [1.29, 1.82) is 0 Å². The van der Waals surface area contributed by atoms with E-state index in [4.69, 9.17) is 0 Å². The van der Waals surface area contributed by atoms with Crippen molar-refractivity contribution in [2.75, 3.05) is 4.90 Å². The van der Waals surface area contributed by atoms with E-state index in [2.05, 4.69) is 144 Å². The van der Waals surface area contributed by atoms with Gasteiger partial charge in [0.05, 0.1) is 0 Å². The monoisotopic (exact) mass is 531 g/mol. The van der Waals surface area contributed by atoms with Crippen LogP contribution in [0.4, 0.5) is 17.1 Å². The molecule has 194 valence electrons. The summed E-state index contributed by atoms with van der Waals surface area (Å²) in [6.45, 7) is 0.242. The molecule has 5 aromatic carbocycles. The first-order valence-corrected chi connectivity index (χ1v) is 15.0. The zero-order valence-electron chi connectivity index (χ0n) is 23.1. The quantitative estimate of drug-likeness (QED) is 0.207. The summed E-state index contributed by atoms with van der Waals surface area (Å²) in [5.74, 6) is 0.367. The van der Waals surface area contributed by atoms with Gasteiger partial charge in [-0.1, -0.05) is 115 Å². The van der Waals surface area contributed by atoms with Gasteiger partial charge in [-0.2, -0.15) is 0 Å². The molecule has 0 bridgehead atoms. The Kier molecular flexibility index (Phi) is 4.43. The molecule has 2 heterocycles. The van der Waals surface area contributed by atoms with E-state index in [9.17, 15) is 0 Å². The Bertz CT molecular complexity index is 2130. The van der Waals surface area contributed by atoms with Gasteiger partial charge < -0.3 is 4.90 Å². The molecule has 1 unspecified atom stereocenters. The Hall–Kier alpha value is -5.08. The predicted octanol–water partition coefficient (Wildman–Crippen LogP) is 7.72. The molecular weight excluding hydrogens is 505 g/mol. The summed E-state index contributed by atoms with van der Waals surface area (Å²) in [6, 6.07) is 38.7. The average Bonchev–Trinajstić information content (AvgIpc) is 3.39. The zero-order valence-corrected chi connectivity index (χ0v) is 23.1. The van der Waals surface area contributed by atoms with Crippen LogP contribution in [0.5, 0.6) is 0 Å². The molecule has 10 rings (SSSR count). The lowest BCUT2D eigenvalue weighted by Gasteiger charge is -2.38. The summed E-state index contributed by atoms with van der Waals surface area (Å²) in [7, 11) is 0. The van der Waals surface area contributed by atoms with Crippen LogP contribution in [0.25, 0.3) is 28.3 Å². The van der Waals surface area contributed by atoms with Gasteiger partial charge in [0.1, 0.15) is 0 Å². The second-order valence-electron chi connectivity index (χ2n) is 12.0. The van der Waals surface area contributed by atoms with E-state index in [1.807, 2.05) is 0 Å². The van der Waals surface area contributed by atoms with E-state index in [0.29, 0.717) is 5.92 Å². The number of fused-ring (bicyclic) bond motifs is 5. The standard InChI is InChI=1S/C40H26BN/c1-2-9-25(10-3-1)30-23-33-32-13-4-5-14-34(32)41-35-15-6-7-16-36(35)42(37(24-30)40(33)41)31-21-28-19-17-26-11-8-12-27-18-20-29(22-31)39(28)38(26)27/h1-19,21-24,38H,20H2. The Labute approximate surface area is 246 Å². The summed E-state index contributed by atoms with van der Waals surface area (Å²) in [5, 5.41) is 0. The van der Waals surface area contributed by atoms with Gasteiger partial charge in [0.25, 0.3) is 0 Å². The smallest absolute Gasteiger partial charge is 0.248 e. The van der Waals surface area contributed by atoms with E-state index in [1.54, 1.807) is 0 Å². The number of hydrogen-bond acceptors (Lipinski definition) is 1. The van der Waals surface area contributed by atoms with Crippen molar-refractivity contribution in [3.63, 3.8) is 0 Å². The third kappa shape index (κ3) is 2.94. The van der Waals surface area contributed by atoms with Crippen molar-refractivity contribution in [1.82, 2.24) is 0 Å². The number of hydrogen-bond donors (Lipinski definition) is 0. The van der Waals surface area contributed by atoms with Crippen LogP contribution in [0.2, 0.25) is 0 Å². The van der Waals surface area contributed by atoms with E-state index < -0.39 is 0 Å². The summed E-state index contributed by atoms with van der Waals surface area (Å²) >= 11 is 0. The second kappa shape index (κ2) is 8.24. The van der Waals surface area contributed by atoms with E-state index in [0.717, 1.165) is 6.42 Å². The minimum Gasteiger partial charge on any atom is -0.311 e. The van der Waals surface area contributed by atoms with Crippen molar-refractivity contribution in [2.24, 2.45) is 0 Å². The van der Waals surface area contributed by atoms with Crippen LogP contribution in [-0.2, 0) is 6.42 Å². The molecule has 42 heavy (non-hydrogen) atoms. The fourth-order valence-corrected chi connectivity index (χ4v) is 8.21. The van der Waals surface area contributed by atoms with Crippen LogP contribution in [0.3, 0.4) is 0 Å². The highest BCUT2D eigenvalue weighted by molar-refractivity contribution is 7.01. The fraction of sp³-hybridized carbons (Fsp3) is 0.0500.